The van der Waals surface area contributed by atoms with Gasteiger partial charge in [0.05, 0.1) is 10.8 Å². The number of rotatable bonds is 4. The molecule has 0 aliphatic rings. The van der Waals surface area contributed by atoms with Gasteiger partial charge in [-0.05, 0) is 33.3 Å². The maximum absolute atomic E-state index is 12.7. The van der Waals surface area contributed by atoms with Crippen molar-refractivity contribution in [3.05, 3.63) is 26.6 Å². The summed E-state index contributed by atoms with van der Waals surface area (Å²) in [4.78, 5) is 39.8. The average Bonchev–Trinajstić information content (AvgIpc) is 2.71. The maximum Gasteiger partial charge on any atom is 0.346 e. The summed E-state index contributed by atoms with van der Waals surface area (Å²) in [6.07, 6.45) is 0. The fourth-order valence-electron chi connectivity index (χ4n) is 2.17. The number of hydrogen-bond acceptors (Lipinski definition) is 5. The summed E-state index contributed by atoms with van der Waals surface area (Å²) < 4.78 is 1.29. The Hall–Kier alpha value is -2.22. The quantitative estimate of drug-likeness (QED) is 0.888. The third-order valence-electron chi connectivity index (χ3n) is 3.57. The molecule has 0 radical (unpaired) electrons. The van der Waals surface area contributed by atoms with Crippen molar-refractivity contribution in [1.29, 1.82) is 0 Å². The molecule has 2 aromatic heterocycles. The normalized spacial score (nSPS) is 11.8. The molecule has 0 aromatic carbocycles. The van der Waals surface area contributed by atoms with Gasteiger partial charge in [0.1, 0.15) is 15.5 Å². The molecule has 0 fully saturated rings. The molecule has 0 saturated heterocycles. The minimum Gasteiger partial charge on any atom is -0.481 e. The van der Waals surface area contributed by atoms with Crippen LogP contribution in [0.2, 0.25) is 0 Å². The smallest absolute Gasteiger partial charge is 0.346 e. The highest BCUT2D eigenvalue weighted by atomic mass is 32.1. The van der Waals surface area contributed by atoms with Gasteiger partial charge in [-0.25, -0.2) is 9.78 Å². The summed E-state index contributed by atoms with van der Waals surface area (Å²) >= 11 is 0.953. The van der Waals surface area contributed by atoms with Crippen LogP contribution in [0.5, 0.6) is 0 Å². The van der Waals surface area contributed by atoms with Gasteiger partial charge in [0.15, 0.2) is 0 Å². The first-order valence-electron chi connectivity index (χ1n) is 6.53. The molecule has 2 N–H and O–H groups in total. The number of aryl methyl sites for hydroxylation is 2. The number of carboxylic acid groups (broad SMARTS) is 2. The third-order valence-corrected chi connectivity index (χ3v) is 4.74. The minimum absolute atomic E-state index is 0.0341. The Balaban J connectivity index is 2.73. The van der Waals surface area contributed by atoms with Gasteiger partial charge in [0.25, 0.3) is 5.56 Å². The summed E-state index contributed by atoms with van der Waals surface area (Å²) in [5.74, 6) is -1.76. The topological polar surface area (TPSA) is 109 Å². The van der Waals surface area contributed by atoms with Crippen LogP contribution >= 0.6 is 11.3 Å². The van der Waals surface area contributed by atoms with Gasteiger partial charge in [-0.1, -0.05) is 0 Å². The van der Waals surface area contributed by atoms with Gasteiger partial charge in [0, 0.05) is 6.54 Å². The molecule has 0 spiro atoms. The molecule has 2 heterocycles. The second kappa shape index (κ2) is 5.20. The van der Waals surface area contributed by atoms with Gasteiger partial charge in [-0.15, -0.1) is 11.3 Å². The van der Waals surface area contributed by atoms with E-state index >= 15 is 0 Å². The van der Waals surface area contributed by atoms with E-state index in [1.165, 1.54) is 18.4 Å². The zero-order valence-electron chi connectivity index (χ0n) is 12.6. The summed E-state index contributed by atoms with van der Waals surface area (Å²) in [6, 6.07) is 0. The molecular formula is C14H16N2O5S. The van der Waals surface area contributed by atoms with Crippen molar-refractivity contribution in [3.63, 3.8) is 0 Å². The zero-order valence-corrected chi connectivity index (χ0v) is 13.4. The van der Waals surface area contributed by atoms with Crippen molar-refractivity contribution in [3.8, 4) is 0 Å². The molecule has 22 heavy (non-hydrogen) atoms. The molecule has 0 bridgehead atoms. The van der Waals surface area contributed by atoms with E-state index in [2.05, 4.69) is 4.98 Å². The Morgan fingerprint density at radius 2 is 1.86 bits per heavy atom. The average molecular weight is 324 g/mol. The van der Waals surface area contributed by atoms with Gasteiger partial charge >= 0.3 is 11.9 Å². The van der Waals surface area contributed by atoms with Crippen molar-refractivity contribution in [1.82, 2.24) is 9.55 Å². The first kappa shape index (κ1) is 16.2. The van der Waals surface area contributed by atoms with Crippen LogP contribution in [-0.4, -0.2) is 31.7 Å². The van der Waals surface area contributed by atoms with Crippen LogP contribution in [0.3, 0.4) is 0 Å². The number of carbonyl (C=O) groups is 2. The Bertz CT molecular complexity index is 847. The number of hydrogen-bond donors (Lipinski definition) is 2. The minimum atomic E-state index is -1.14. The van der Waals surface area contributed by atoms with Crippen LogP contribution in [0, 0.1) is 19.3 Å². The molecule has 0 aliphatic heterocycles. The molecule has 0 saturated carbocycles. The summed E-state index contributed by atoms with van der Waals surface area (Å²) in [6.45, 7) is 6.18. The molecular weight excluding hydrogens is 308 g/mol. The maximum atomic E-state index is 12.7. The predicted octanol–water partition coefficient (Wildman–Crippen LogP) is 1.88. The fourth-order valence-corrected chi connectivity index (χ4v) is 3.23. The predicted molar refractivity (Wildman–Crippen MR) is 81.7 cm³/mol. The standard InChI is InChI=1S/C14H16N2O5S/c1-6-8-10(22-9(6)12(18)19)15-7(2)16(11(8)17)5-14(3,4)13(20)21/h5H2,1-4H3,(H,18,19)(H,20,21). The van der Waals surface area contributed by atoms with Gasteiger partial charge < -0.3 is 10.2 Å². The largest absolute Gasteiger partial charge is 0.481 e. The van der Waals surface area contributed by atoms with Crippen LogP contribution in [-0.2, 0) is 11.3 Å². The zero-order chi connectivity index (χ0) is 16.8. The van der Waals surface area contributed by atoms with Crippen molar-refractivity contribution in [2.45, 2.75) is 34.2 Å². The van der Waals surface area contributed by atoms with E-state index in [1.807, 2.05) is 0 Å². The van der Waals surface area contributed by atoms with E-state index in [4.69, 9.17) is 5.11 Å². The molecule has 8 heteroatoms. The molecule has 118 valence electrons. The van der Waals surface area contributed by atoms with Crippen molar-refractivity contribution in [2.24, 2.45) is 5.41 Å². The summed E-state index contributed by atoms with van der Waals surface area (Å²) in [7, 11) is 0. The molecule has 0 atom stereocenters. The highest BCUT2D eigenvalue weighted by molar-refractivity contribution is 7.20. The van der Waals surface area contributed by atoms with Crippen LogP contribution < -0.4 is 5.56 Å². The van der Waals surface area contributed by atoms with Gasteiger partial charge in [-0.3, -0.25) is 14.2 Å². The number of carboxylic acids is 2. The Kier molecular flexibility index (Phi) is 3.82. The van der Waals surface area contributed by atoms with Crippen molar-refractivity contribution >= 4 is 33.5 Å². The van der Waals surface area contributed by atoms with E-state index in [-0.39, 0.29) is 16.8 Å². The van der Waals surface area contributed by atoms with E-state index in [1.54, 1.807) is 13.8 Å². The number of aromatic nitrogens is 2. The number of aromatic carboxylic acids is 1. The number of thiophene rings is 1. The number of nitrogens with zero attached hydrogens (tertiary/aromatic N) is 2. The molecule has 2 aromatic rings. The SMILES string of the molecule is Cc1c(C(=O)O)sc2nc(C)n(CC(C)(C)C(=O)O)c(=O)c12. The summed E-state index contributed by atoms with van der Waals surface area (Å²) in [5.41, 5.74) is -1.17. The fraction of sp³-hybridized carbons (Fsp3) is 0.429. The van der Waals surface area contributed by atoms with Crippen molar-refractivity contribution in [2.75, 3.05) is 0 Å². The van der Waals surface area contributed by atoms with Crippen LogP contribution in [0.15, 0.2) is 4.79 Å². The Morgan fingerprint density at radius 3 is 2.36 bits per heavy atom. The monoisotopic (exact) mass is 324 g/mol. The van der Waals surface area contributed by atoms with Gasteiger partial charge in [0.2, 0.25) is 0 Å². The number of fused-ring (bicyclic) bond motifs is 1. The Morgan fingerprint density at radius 1 is 1.27 bits per heavy atom. The molecule has 7 nitrogen and oxygen atoms in total. The van der Waals surface area contributed by atoms with E-state index in [9.17, 15) is 19.5 Å². The molecule has 2 rings (SSSR count). The first-order chi connectivity index (χ1) is 10.1. The molecule has 0 unspecified atom stereocenters. The highest BCUT2D eigenvalue weighted by Crippen LogP contribution is 2.28. The lowest BCUT2D eigenvalue weighted by Gasteiger charge is -2.21. The molecule has 0 aliphatic carbocycles. The third kappa shape index (κ3) is 2.50. The molecule has 0 amide bonds. The second-order valence-electron chi connectivity index (χ2n) is 5.78. The van der Waals surface area contributed by atoms with Gasteiger partial charge in [-0.2, -0.15) is 0 Å². The van der Waals surface area contributed by atoms with E-state index in [0.717, 1.165) is 11.3 Å². The second-order valence-corrected chi connectivity index (χ2v) is 6.78. The lowest BCUT2D eigenvalue weighted by molar-refractivity contribution is -0.147. The van der Waals surface area contributed by atoms with Crippen LogP contribution in [0.1, 0.15) is 34.9 Å². The van der Waals surface area contributed by atoms with Crippen LogP contribution in [0.25, 0.3) is 10.2 Å². The van der Waals surface area contributed by atoms with E-state index in [0.29, 0.717) is 16.2 Å². The summed E-state index contributed by atoms with van der Waals surface area (Å²) in [5, 5.41) is 18.6. The Labute approximate surface area is 129 Å². The van der Waals surface area contributed by atoms with Crippen LogP contribution in [0.4, 0.5) is 0 Å². The highest BCUT2D eigenvalue weighted by Gasteiger charge is 2.30. The van der Waals surface area contributed by atoms with Crippen molar-refractivity contribution < 1.29 is 19.8 Å². The lowest BCUT2D eigenvalue weighted by Crippen LogP contribution is -2.35. The lowest BCUT2D eigenvalue weighted by atomic mass is 9.93. The first-order valence-corrected chi connectivity index (χ1v) is 7.35. The van der Waals surface area contributed by atoms with E-state index < -0.39 is 22.9 Å². The number of aliphatic carboxylic acids is 1.